The van der Waals surface area contributed by atoms with Gasteiger partial charge in [0.15, 0.2) is 24.5 Å². The lowest BCUT2D eigenvalue weighted by molar-refractivity contribution is -0.771. The van der Waals surface area contributed by atoms with Crippen molar-refractivity contribution in [1.82, 2.24) is 0 Å². The van der Waals surface area contributed by atoms with E-state index in [1.54, 1.807) is 0 Å². The van der Waals surface area contributed by atoms with E-state index in [4.69, 9.17) is 0 Å². The normalized spacial score (nSPS) is 19.2. The fraction of sp³-hybridized carbons (Fsp3) is 0.226. The van der Waals surface area contributed by atoms with Crippen molar-refractivity contribution < 1.29 is 9.13 Å². The van der Waals surface area contributed by atoms with Gasteiger partial charge in [-0.05, 0) is 152 Å². The summed E-state index contributed by atoms with van der Waals surface area (Å²) in [5.74, 6) is 0.311. The van der Waals surface area contributed by atoms with Crippen LogP contribution in [0.3, 0.4) is 0 Å². The Labute approximate surface area is 390 Å². The van der Waals surface area contributed by atoms with Crippen molar-refractivity contribution in [3.63, 3.8) is 0 Å². The minimum absolute atomic E-state index is 0.192. The van der Waals surface area contributed by atoms with Gasteiger partial charge < -0.3 is 9.80 Å². The topological polar surface area (TPSA) is 14.2 Å². The lowest BCUT2D eigenvalue weighted by atomic mass is 9.56. The molecule has 0 bridgehead atoms. The van der Waals surface area contributed by atoms with Crippen molar-refractivity contribution in [2.24, 2.45) is 0 Å². The first-order valence-corrected chi connectivity index (χ1v) is 24.1. The van der Waals surface area contributed by atoms with Gasteiger partial charge in [0, 0.05) is 41.7 Å². The Morgan fingerprint density at radius 1 is 0.545 bits per heavy atom. The van der Waals surface area contributed by atoms with Gasteiger partial charge in [0.2, 0.25) is 11.4 Å². The molecule has 0 N–H and O–H groups in total. The van der Waals surface area contributed by atoms with Crippen molar-refractivity contribution in [2.45, 2.75) is 91.1 Å². The lowest BCUT2D eigenvalue weighted by Crippen LogP contribution is -2.69. The first-order chi connectivity index (χ1) is 32.1. The van der Waals surface area contributed by atoms with Crippen LogP contribution in [0.5, 0.6) is 0 Å². The predicted molar refractivity (Wildman–Crippen MR) is 274 cm³/mol. The highest BCUT2D eigenvalue weighted by atomic mass is 15.3. The third-order valence-corrected chi connectivity index (χ3v) is 16.5. The zero-order valence-corrected chi connectivity index (χ0v) is 39.4. The quantitative estimate of drug-likeness (QED) is 0.155. The Bertz CT molecular complexity index is 3380. The molecule has 0 amide bonds. The summed E-state index contributed by atoms with van der Waals surface area (Å²) < 4.78 is 5.32. The van der Waals surface area contributed by atoms with Crippen LogP contribution in [-0.2, 0) is 17.5 Å². The first kappa shape index (κ1) is 40.5. The fourth-order valence-electron chi connectivity index (χ4n) is 12.6. The Kier molecular flexibility index (Phi) is 9.20. The molecule has 0 fully saturated rings. The second-order valence-electron chi connectivity index (χ2n) is 19.7. The highest BCUT2D eigenvalue weighted by Gasteiger charge is 2.61. The Balaban J connectivity index is 1.07. The predicted octanol–water partition coefficient (Wildman–Crippen LogP) is 15.4. The van der Waals surface area contributed by atoms with Crippen molar-refractivity contribution in [1.29, 1.82) is 0 Å². The molecule has 3 aliphatic rings. The molecular formula is C62H58N4+2. The van der Waals surface area contributed by atoms with Gasteiger partial charge in [0.25, 0.3) is 0 Å². The highest BCUT2D eigenvalue weighted by Crippen LogP contribution is 2.59. The van der Waals surface area contributed by atoms with E-state index in [0.717, 1.165) is 25.8 Å². The smallest absolute Gasteiger partial charge is 0.220 e. The number of hydrogen-bond acceptors (Lipinski definition) is 2. The molecule has 7 aromatic carbocycles. The number of benzene rings is 7. The molecular weight excluding hydrogens is 801 g/mol. The van der Waals surface area contributed by atoms with E-state index < -0.39 is 0 Å². The average molecular weight is 859 g/mol. The number of anilines is 6. The fourth-order valence-corrected chi connectivity index (χ4v) is 12.6. The molecule has 0 radical (unpaired) electrons. The second-order valence-corrected chi connectivity index (χ2v) is 19.7. The van der Waals surface area contributed by atoms with Crippen LogP contribution in [0.25, 0.3) is 44.1 Å². The van der Waals surface area contributed by atoms with Crippen LogP contribution in [0.15, 0.2) is 170 Å². The summed E-state index contributed by atoms with van der Waals surface area (Å²) in [7, 11) is 0. The average Bonchev–Trinajstić information content (AvgIpc) is 3.35. The van der Waals surface area contributed by atoms with Crippen LogP contribution in [0.4, 0.5) is 34.1 Å². The number of pyridine rings is 2. The molecule has 4 nitrogen and oxygen atoms in total. The summed E-state index contributed by atoms with van der Waals surface area (Å²) in [5, 5.41) is 5.17. The van der Waals surface area contributed by atoms with E-state index >= 15 is 0 Å². The third kappa shape index (κ3) is 5.76. The monoisotopic (exact) mass is 858 g/mol. The number of aromatic nitrogens is 2. The van der Waals surface area contributed by atoms with Crippen molar-refractivity contribution >= 4 is 55.7 Å². The lowest BCUT2D eigenvalue weighted by Gasteiger charge is -2.49. The summed E-state index contributed by atoms with van der Waals surface area (Å²) in [6.07, 6.45) is 7.88. The van der Waals surface area contributed by atoms with Crippen LogP contribution < -0.4 is 18.9 Å². The van der Waals surface area contributed by atoms with Crippen LogP contribution in [-0.4, -0.2) is 0 Å². The Morgan fingerprint density at radius 3 is 1.80 bits per heavy atom. The van der Waals surface area contributed by atoms with Crippen LogP contribution in [0, 0.1) is 27.7 Å². The molecule has 66 heavy (non-hydrogen) atoms. The number of nitrogens with zero attached hydrogens (tertiary/aromatic N) is 4. The maximum absolute atomic E-state index is 2.77. The standard InChI is InChI=1S/C62H58N4/c1-8-61(7)54-28-27-49(66-58-33-42(5)40(3)31-56(58)65(48-22-11-10-12-23-48)57-32-41(4)43(6)34-59(57)66)36-53(54)55-35-45-20-13-14-21-46(45)39-64(55)62(61,9-2)37-47-38-63-30-29-44-19-15-16-25-51(44)60(63)52-26-18-17-24-50(47)52/h10-36,39,47H,8-9,37-38H2,1-7H3/q+2. The van der Waals surface area contributed by atoms with Gasteiger partial charge in [-0.15, -0.1) is 0 Å². The van der Waals surface area contributed by atoms with Gasteiger partial charge in [-0.1, -0.05) is 92.7 Å². The second kappa shape index (κ2) is 15.0. The van der Waals surface area contributed by atoms with Gasteiger partial charge in [-0.2, -0.15) is 9.13 Å². The number of aryl methyl sites for hydroxylation is 4. The molecule has 12 rings (SSSR count). The van der Waals surface area contributed by atoms with Crippen LogP contribution in [0.2, 0.25) is 0 Å². The SMILES string of the molecule is CCC1(C)c2ccc(N3c4cc(C)c(C)cc4N(c4ccccc4)c4cc(C)c(C)cc43)cc2-c2cc3ccccc3c[n+]2C1(CC)CC1C[n+]2ccc3ccccc3c2-c2ccccc21. The minimum atomic E-state index is -0.230. The summed E-state index contributed by atoms with van der Waals surface area (Å²) in [4.78, 5) is 5.03. The van der Waals surface area contributed by atoms with Crippen LogP contribution >= 0.6 is 0 Å². The maximum Gasteiger partial charge on any atom is 0.220 e. The largest absolute Gasteiger partial charge is 0.306 e. The molecule has 4 heteroatoms. The zero-order chi connectivity index (χ0) is 45.1. The van der Waals surface area contributed by atoms with Gasteiger partial charge in [-0.25, -0.2) is 0 Å². The zero-order valence-electron chi connectivity index (χ0n) is 39.4. The maximum atomic E-state index is 2.77. The van der Waals surface area contributed by atoms with E-state index in [-0.39, 0.29) is 11.0 Å². The van der Waals surface area contributed by atoms with E-state index in [1.165, 1.54) is 112 Å². The molecule has 3 unspecified atom stereocenters. The highest BCUT2D eigenvalue weighted by molar-refractivity contribution is 6.03. The summed E-state index contributed by atoms with van der Waals surface area (Å²) in [6.45, 7) is 17.4. The number of rotatable bonds is 6. The van der Waals surface area contributed by atoms with Gasteiger partial charge >= 0.3 is 0 Å². The first-order valence-electron chi connectivity index (χ1n) is 24.1. The molecule has 0 saturated carbocycles. The van der Waals surface area contributed by atoms with Crippen molar-refractivity contribution in [2.75, 3.05) is 9.80 Å². The molecule has 3 aliphatic heterocycles. The molecule has 324 valence electrons. The van der Waals surface area contributed by atoms with Gasteiger partial charge in [0.05, 0.1) is 50.6 Å². The Hall–Kier alpha value is -7.04. The molecule has 9 aromatic rings. The number of fused-ring (bicyclic) bond motifs is 11. The summed E-state index contributed by atoms with van der Waals surface area (Å²) >= 11 is 0. The van der Waals surface area contributed by atoms with Crippen LogP contribution in [0.1, 0.15) is 79.3 Å². The van der Waals surface area contributed by atoms with Gasteiger partial charge in [-0.3, -0.25) is 0 Å². The molecule has 5 heterocycles. The molecule has 0 aliphatic carbocycles. The molecule has 0 saturated heterocycles. The molecule has 0 spiro atoms. The summed E-state index contributed by atoms with van der Waals surface area (Å²) in [5.41, 5.74) is 20.1. The minimum Gasteiger partial charge on any atom is -0.306 e. The third-order valence-electron chi connectivity index (χ3n) is 16.5. The van der Waals surface area contributed by atoms with Crippen molar-refractivity contribution in [3.8, 4) is 22.5 Å². The summed E-state index contributed by atoms with van der Waals surface area (Å²) in [6, 6.07) is 60.0. The van der Waals surface area contributed by atoms with E-state index in [0.29, 0.717) is 5.92 Å². The molecule has 2 aromatic heterocycles. The van der Waals surface area contributed by atoms with E-state index in [2.05, 4.69) is 238 Å². The van der Waals surface area contributed by atoms with E-state index in [9.17, 15) is 0 Å². The Morgan fingerprint density at radius 2 is 1.14 bits per heavy atom. The number of hydrogen-bond donors (Lipinski definition) is 0. The molecule has 3 atom stereocenters. The van der Waals surface area contributed by atoms with Crippen molar-refractivity contribution in [3.05, 3.63) is 203 Å². The van der Waals surface area contributed by atoms with Gasteiger partial charge in [0.1, 0.15) is 0 Å². The number of para-hydroxylation sites is 1. The van der Waals surface area contributed by atoms with E-state index in [1.807, 2.05) is 0 Å².